The standard InChI is InChI=1S/C17H28O/c1-10(2)14-8-15(11(3)4)17(13(7)18)16(9-14)12(5)6/h8-13,18H,1-7H3/t13-/m1/s1. The van der Waals surface area contributed by atoms with Gasteiger partial charge in [-0.05, 0) is 46.9 Å². The molecule has 0 amide bonds. The molecule has 0 radical (unpaired) electrons. The second-order valence-corrected chi connectivity index (χ2v) is 6.25. The molecule has 102 valence electrons. The fraction of sp³-hybridized carbons (Fsp3) is 0.647. The third-order valence-electron chi connectivity index (χ3n) is 3.59. The van der Waals surface area contributed by atoms with E-state index in [1.165, 1.54) is 16.7 Å². The molecule has 0 bridgehead atoms. The van der Waals surface area contributed by atoms with E-state index in [4.69, 9.17) is 0 Å². The second kappa shape index (κ2) is 5.88. The summed E-state index contributed by atoms with van der Waals surface area (Å²) in [6.45, 7) is 15.1. The Morgan fingerprint density at radius 2 is 1.11 bits per heavy atom. The highest BCUT2D eigenvalue weighted by Crippen LogP contribution is 2.35. The Labute approximate surface area is 112 Å². The quantitative estimate of drug-likeness (QED) is 0.785. The lowest BCUT2D eigenvalue weighted by atomic mass is 9.83. The number of hydrogen-bond acceptors (Lipinski definition) is 1. The number of aliphatic hydroxyl groups is 1. The molecule has 0 unspecified atom stereocenters. The lowest BCUT2D eigenvalue weighted by molar-refractivity contribution is 0.196. The van der Waals surface area contributed by atoms with E-state index in [0.29, 0.717) is 17.8 Å². The fourth-order valence-corrected chi connectivity index (χ4v) is 2.49. The van der Waals surface area contributed by atoms with Crippen LogP contribution in [-0.2, 0) is 0 Å². The van der Waals surface area contributed by atoms with Gasteiger partial charge in [0.1, 0.15) is 0 Å². The second-order valence-electron chi connectivity index (χ2n) is 6.25. The molecule has 18 heavy (non-hydrogen) atoms. The normalized spacial score (nSPS) is 13.7. The molecular weight excluding hydrogens is 220 g/mol. The summed E-state index contributed by atoms with van der Waals surface area (Å²) in [5, 5.41) is 10.1. The summed E-state index contributed by atoms with van der Waals surface area (Å²) >= 11 is 0. The smallest absolute Gasteiger partial charge is 0.0767 e. The zero-order valence-corrected chi connectivity index (χ0v) is 12.9. The van der Waals surface area contributed by atoms with Crippen molar-refractivity contribution in [3.8, 4) is 0 Å². The summed E-state index contributed by atoms with van der Waals surface area (Å²) in [7, 11) is 0. The van der Waals surface area contributed by atoms with Crippen molar-refractivity contribution >= 4 is 0 Å². The molecule has 0 saturated heterocycles. The van der Waals surface area contributed by atoms with Crippen LogP contribution in [0, 0.1) is 0 Å². The van der Waals surface area contributed by atoms with Gasteiger partial charge in [0.05, 0.1) is 6.10 Å². The molecule has 0 aliphatic carbocycles. The summed E-state index contributed by atoms with van der Waals surface area (Å²) in [5.41, 5.74) is 5.14. The number of aliphatic hydroxyl groups excluding tert-OH is 1. The first kappa shape index (κ1) is 15.2. The van der Waals surface area contributed by atoms with Gasteiger partial charge in [-0.2, -0.15) is 0 Å². The molecule has 1 N–H and O–H groups in total. The van der Waals surface area contributed by atoms with Crippen molar-refractivity contribution in [2.24, 2.45) is 0 Å². The van der Waals surface area contributed by atoms with Crippen molar-refractivity contribution in [1.82, 2.24) is 0 Å². The molecule has 1 aromatic carbocycles. The van der Waals surface area contributed by atoms with Gasteiger partial charge in [-0.15, -0.1) is 0 Å². The first-order valence-corrected chi connectivity index (χ1v) is 7.11. The molecule has 1 rings (SSSR count). The maximum Gasteiger partial charge on any atom is 0.0767 e. The van der Waals surface area contributed by atoms with Crippen LogP contribution in [0.3, 0.4) is 0 Å². The summed E-state index contributed by atoms with van der Waals surface area (Å²) in [6.07, 6.45) is -0.388. The Balaban J connectivity index is 3.55. The summed E-state index contributed by atoms with van der Waals surface area (Å²) in [5.74, 6) is 1.43. The van der Waals surface area contributed by atoms with Crippen LogP contribution in [0.1, 0.15) is 94.6 Å². The van der Waals surface area contributed by atoms with E-state index in [1.54, 1.807) is 0 Å². The Bertz CT molecular complexity index is 371. The Morgan fingerprint density at radius 3 is 1.33 bits per heavy atom. The van der Waals surface area contributed by atoms with Crippen molar-refractivity contribution in [3.63, 3.8) is 0 Å². The monoisotopic (exact) mass is 248 g/mol. The first-order valence-electron chi connectivity index (χ1n) is 7.11. The van der Waals surface area contributed by atoms with Gasteiger partial charge in [-0.1, -0.05) is 53.7 Å². The molecule has 0 spiro atoms. The van der Waals surface area contributed by atoms with Gasteiger partial charge in [0.2, 0.25) is 0 Å². The van der Waals surface area contributed by atoms with Crippen LogP contribution in [0.5, 0.6) is 0 Å². The van der Waals surface area contributed by atoms with Crippen molar-refractivity contribution in [2.45, 2.75) is 72.3 Å². The average molecular weight is 248 g/mol. The van der Waals surface area contributed by atoms with Gasteiger partial charge in [0.25, 0.3) is 0 Å². The predicted octanol–water partition coefficient (Wildman–Crippen LogP) is 5.11. The van der Waals surface area contributed by atoms with E-state index in [0.717, 1.165) is 5.56 Å². The van der Waals surface area contributed by atoms with Crippen LogP contribution in [0.2, 0.25) is 0 Å². The third kappa shape index (κ3) is 3.14. The molecule has 0 fully saturated rings. The molecule has 0 saturated carbocycles. The average Bonchev–Trinajstić information content (AvgIpc) is 2.26. The number of benzene rings is 1. The maximum absolute atomic E-state index is 10.1. The highest BCUT2D eigenvalue weighted by molar-refractivity contribution is 5.44. The van der Waals surface area contributed by atoms with Gasteiger partial charge < -0.3 is 5.11 Å². The first-order chi connectivity index (χ1) is 8.25. The fourth-order valence-electron chi connectivity index (χ4n) is 2.49. The molecule has 1 heteroatoms. The lowest BCUT2D eigenvalue weighted by Gasteiger charge is -2.24. The predicted molar refractivity (Wildman–Crippen MR) is 79.3 cm³/mol. The van der Waals surface area contributed by atoms with Crippen LogP contribution in [-0.4, -0.2) is 5.11 Å². The molecule has 1 nitrogen and oxygen atoms in total. The molecule has 0 aliphatic rings. The van der Waals surface area contributed by atoms with Crippen molar-refractivity contribution in [3.05, 3.63) is 34.4 Å². The topological polar surface area (TPSA) is 20.2 Å². The van der Waals surface area contributed by atoms with Crippen molar-refractivity contribution in [1.29, 1.82) is 0 Å². The van der Waals surface area contributed by atoms with E-state index in [-0.39, 0.29) is 6.10 Å². The largest absolute Gasteiger partial charge is 0.389 e. The highest BCUT2D eigenvalue weighted by Gasteiger charge is 2.19. The van der Waals surface area contributed by atoms with E-state index < -0.39 is 0 Å². The number of hydrogen-bond donors (Lipinski definition) is 1. The zero-order chi connectivity index (χ0) is 14.0. The number of rotatable bonds is 4. The van der Waals surface area contributed by atoms with Crippen LogP contribution < -0.4 is 0 Å². The molecule has 0 heterocycles. The lowest BCUT2D eigenvalue weighted by Crippen LogP contribution is -2.09. The Hall–Kier alpha value is -0.820. The summed E-state index contributed by atoms with van der Waals surface area (Å²) < 4.78 is 0. The third-order valence-corrected chi connectivity index (χ3v) is 3.59. The van der Waals surface area contributed by atoms with E-state index in [1.807, 2.05) is 6.92 Å². The van der Waals surface area contributed by atoms with Gasteiger partial charge in [0, 0.05) is 0 Å². The van der Waals surface area contributed by atoms with Crippen molar-refractivity contribution < 1.29 is 5.11 Å². The minimum Gasteiger partial charge on any atom is -0.389 e. The van der Waals surface area contributed by atoms with Crippen molar-refractivity contribution in [2.75, 3.05) is 0 Å². The van der Waals surface area contributed by atoms with E-state index in [2.05, 4.69) is 53.7 Å². The minimum absolute atomic E-state index is 0.388. The van der Waals surface area contributed by atoms with Gasteiger partial charge >= 0.3 is 0 Å². The van der Waals surface area contributed by atoms with Crippen LogP contribution in [0.25, 0.3) is 0 Å². The van der Waals surface area contributed by atoms with E-state index in [9.17, 15) is 5.11 Å². The van der Waals surface area contributed by atoms with Gasteiger partial charge in [0.15, 0.2) is 0 Å². The molecule has 0 aliphatic heterocycles. The van der Waals surface area contributed by atoms with Crippen LogP contribution >= 0.6 is 0 Å². The molecule has 0 aromatic heterocycles. The summed E-state index contributed by atoms with van der Waals surface area (Å²) in [4.78, 5) is 0. The zero-order valence-electron chi connectivity index (χ0n) is 12.9. The molecule has 1 aromatic rings. The highest BCUT2D eigenvalue weighted by atomic mass is 16.3. The van der Waals surface area contributed by atoms with Gasteiger partial charge in [-0.3, -0.25) is 0 Å². The summed E-state index contributed by atoms with van der Waals surface area (Å²) in [6, 6.07) is 4.56. The SMILES string of the molecule is CC(C)c1cc(C(C)C)c([C@@H](C)O)c(C(C)C)c1. The Morgan fingerprint density at radius 1 is 0.722 bits per heavy atom. The van der Waals surface area contributed by atoms with Crippen LogP contribution in [0.15, 0.2) is 12.1 Å². The maximum atomic E-state index is 10.1. The van der Waals surface area contributed by atoms with Crippen LogP contribution in [0.4, 0.5) is 0 Å². The van der Waals surface area contributed by atoms with E-state index >= 15 is 0 Å². The minimum atomic E-state index is -0.388. The molecule has 1 atom stereocenters. The Kier molecular flexibility index (Phi) is 4.98. The molecular formula is C17H28O. The van der Waals surface area contributed by atoms with Gasteiger partial charge in [-0.25, -0.2) is 0 Å².